The van der Waals surface area contributed by atoms with Gasteiger partial charge in [-0.05, 0) is 42.5 Å². The molecule has 3 rings (SSSR count). The third-order valence-electron chi connectivity index (χ3n) is 4.34. The highest BCUT2D eigenvalue weighted by atomic mass is 16.7. The molecule has 32 heavy (non-hydrogen) atoms. The smallest absolute Gasteiger partial charge is 0.338 e. The van der Waals surface area contributed by atoms with E-state index < -0.39 is 24.3 Å². The summed E-state index contributed by atoms with van der Waals surface area (Å²) in [6, 6.07) is 15.4. The second-order valence-electron chi connectivity index (χ2n) is 6.61. The molecule has 0 amide bonds. The summed E-state index contributed by atoms with van der Waals surface area (Å²) >= 11 is 0. The zero-order valence-electron chi connectivity index (χ0n) is 17.1. The van der Waals surface area contributed by atoms with Crippen molar-refractivity contribution in [1.29, 1.82) is 5.26 Å². The van der Waals surface area contributed by atoms with Gasteiger partial charge in [0.15, 0.2) is 6.29 Å². The van der Waals surface area contributed by atoms with Gasteiger partial charge in [-0.2, -0.15) is 5.26 Å². The topological polar surface area (TPSA) is 104 Å². The van der Waals surface area contributed by atoms with Crippen LogP contribution in [0.25, 0.3) is 0 Å². The van der Waals surface area contributed by atoms with Gasteiger partial charge in [-0.1, -0.05) is 18.7 Å². The fourth-order valence-electron chi connectivity index (χ4n) is 2.71. The minimum absolute atomic E-state index is 0.186. The monoisotopic (exact) mass is 435 g/mol. The molecule has 164 valence electrons. The van der Waals surface area contributed by atoms with Crippen LogP contribution in [0.4, 0.5) is 0 Å². The predicted molar refractivity (Wildman–Crippen MR) is 112 cm³/mol. The zero-order valence-corrected chi connectivity index (χ0v) is 17.1. The van der Waals surface area contributed by atoms with Crippen molar-refractivity contribution in [3.63, 3.8) is 0 Å². The average Bonchev–Trinajstić information content (AvgIpc) is 2.84. The normalized spacial score (nSPS) is 17.8. The molecule has 8 nitrogen and oxygen atoms in total. The van der Waals surface area contributed by atoms with Crippen molar-refractivity contribution in [3.05, 3.63) is 90.2 Å². The summed E-state index contributed by atoms with van der Waals surface area (Å²) in [5.74, 6) is -0.514. The first-order valence-electron chi connectivity index (χ1n) is 9.74. The fourth-order valence-corrected chi connectivity index (χ4v) is 2.71. The Hall–Kier alpha value is -3.93. The van der Waals surface area contributed by atoms with Gasteiger partial charge in [-0.25, -0.2) is 9.59 Å². The largest absolute Gasteiger partial charge is 0.489 e. The van der Waals surface area contributed by atoms with E-state index in [1.807, 2.05) is 0 Å². The highest BCUT2D eigenvalue weighted by molar-refractivity contribution is 5.89. The quantitative estimate of drug-likeness (QED) is 0.353. The van der Waals surface area contributed by atoms with E-state index in [1.165, 1.54) is 12.3 Å². The van der Waals surface area contributed by atoms with Crippen molar-refractivity contribution in [2.45, 2.75) is 12.4 Å². The van der Waals surface area contributed by atoms with Crippen molar-refractivity contribution in [1.82, 2.24) is 0 Å². The molecule has 2 aromatic rings. The standard InChI is InChI=1S/C24H21NO7/c1-2-22(26)29-13-3-12-28-20-10-8-18(9-11-20)23(27)32-21-15-30-24(31-16-21)19-6-4-17(14-25)5-7-19/h2-11,13,21,24H,1,12,15-16H2. The lowest BCUT2D eigenvalue weighted by Gasteiger charge is -2.29. The fraction of sp³-hybridized carbons (Fsp3) is 0.208. The Morgan fingerprint density at radius 1 is 1.09 bits per heavy atom. The van der Waals surface area contributed by atoms with E-state index in [2.05, 4.69) is 17.4 Å². The number of nitrogens with zero attached hydrogens (tertiary/aromatic N) is 1. The van der Waals surface area contributed by atoms with Crippen LogP contribution in [0.5, 0.6) is 5.75 Å². The molecule has 0 spiro atoms. The van der Waals surface area contributed by atoms with Crippen LogP contribution >= 0.6 is 0 Å². The Morgan fingerprint density at radius 2 is 1.78 bits per heavy atom. The summed E-state index contributed by atoms with van der Waals surface area (Å²) in [7, 11) is 0. The number of carbonyl (C=O) groups is 2. The molecule has 0 radical (unpaired) electrons. The van der Waals surface area contributed by atoms with Crippen LogP contribution < -0.4 is 4.74 Å². The van der Waals surface area contributed by atoms with Gasteiger partial charge in [0, 0.05) is 11.6 Å². The number of ether oxygens (including phenoxy) is 5. The summed E-state index contributed by atoms with van der Waals surface area (Å²) in [5, 5.41) is 8.86. The van der Waals surface area contributed by atoms with E-state index in [4.69, 9.17) is 24.2 Å². The Labute approximate surface area is 185 Å². The van der Waals surface area contributed by atoms with Crippen LogP contribution in [0.2, 0.25) is 0 Å². The molecule has 8 heteroatoms. The lowest BCUT2D eigenvalue weighted by molar-refractivity contribution is -0.220. The average molecular weight is 435 g/mol. The molecular weight excluding hydrogens is 414 g/mol. The third kappa shape index (κ3) is 6.54. The third-order valence-corrected chi connectivity index (χ3v) is 4.34. The Bertz CT molecular complexity index is 998. The van der Waals surface area contributed by atoms with Crippen molar-refractivity contribution in [3.8, 4) is 11.8 Å². The van der Waals surface area contributed by atoms with Crippen LogP contribution in [-0.4, -0.2) is 37.9 Å². The Morgan fingerprint density at radius 3 is 2.41 bits per heavy atom. The van der Waals surface area contributed by atoms with Crippen molar-refractivity contribution in [2.24, 2.45) is 0 Å². The maximum Gasteiger partial charge on any atom is 0.338 e. The number of carbonyl (C=O) groups excluding carboxylic acids is 2. The second-order valence-corrected chi connectivity index (χ2v) is 6.61. The van der Waals surface area contributed by atoms with E-state index in [0.29, 0.717) is 16.9 Å². The molecule has 0 aromatic heterocycles. The Balaban J connectivity index is 1.42. The molecule has 1 aliphatic rings. The number of rotatable bonds is 8. The summed E-state index contributed by atoms with van der Waals surface area (Å²) in [6.07, 6.45) is 2.70. The van der Waals surface area contributed by atoms with E-state index in [0.717, 1.165) is 11.6 Å². The van der Waals surface area contributed by atoms with E-state index >= 15 is 0 Å². The molecule has 0 unspecified atom stereocenters. The molecule has 0 atom stereocenters. The summed E-state index contributed by atoms with van der Waals surface area (Å²) in [5.41, 5.74) is 1.71. The molecule has 1 saturated heterocycles. The van der Waals surface area contributed by atoms with Crippen molar-refractivity contribution < 1.29 is 33.3 Å². The number of esters is 2. The number of hydrogen-bond acceptors (Lipinski definition) is 8. The van der Waals surface area contributed by atoms with Crippen molar-refractivity contribution >= 4 is 11.9 Å². The lowest BCUT2D eigenvalue weighted by atomic mass is 10.1. The van der Waals surface area contributed by atoms with E-state index in [1.54, 1.807) is 48.5 Å². The molecule has 0 bridgehead atoms. The first-order valence-corrected chi connectivity index (χ1v) is 9.74. The van der Waals surface area contributed by atoms with Crippen LogP contribution in [0.15, 0.2) is 73.5 Å². The molecule has 2 aromatic carbocycles. The van der Waals surface area contributed by atoms with E-state index in [-0.39, 0.29) is 19.8 Å². The maximum atomic E-state index is 12.4. The maximum absolute atomic E-state index is 12.4. The SMILES string of the molecule is C=CC(=O)OC=CCOc1ccc(C(=O)OC2COC(c3ccc(C#N)cc3)OC2)cc1. The van der Waals surface area contributed by atoms with Gasteiger partial charge in [0.2, 0.25) is 0 Å². The molecule has 1 aliphatic heterocycles. The summed E-state index contributed by atoms with van der Waals surface area (Å²) in [4.78, 5) is 23.3. The van der Waals surface area contributed by atoms with Crippen LogP contribution in [0.3, 0.4) is 0 Å². The molecule has 1 fully saturated rings. The molecule has 0 N–H and O–H groups in total. The highest BCUT2D eigenvalue weighted by Crippen LogP contribution is 2.24. The molecule has 1 heterocycles. The van der Waals surface area contributed by atoms with E-state index in [9.17, 15) is 9.59 Å². The molecule has 0 saturated carbocycles. The highest BCUT2D eigenvalue weighted by Gasteiger charge is 2.26. The first kappa shape index (κ1) is 22.7. The zero-order chi connectivity index (χ0) is 22.8. The lowest BCUT2D eigenvalue weighted by Crippen LogP contribution is -2.35. The number of benzene rings is 2. The first-order chi connectivity index (χ1) is 15.6. The van der Waals surface area contributed by atoms with Gasteiger partial charge in [0.05, 0.1) is 36.7 Å². The molecular formula is C24H21NO7. The predicted octanol–water partition coefficient (Wildman–Crippen LogP) is 3.45. The van der Waals surface area contributed by atoms with Crippen LogP contribution in [0, 0.1) is 11.3 Å². The summed E-state index contributed by atoms with van der Waals surface area (Å²) in [6.45, 7) is 3.86. The van der Waals surface area contributed by atoms with Gasteiger partial charge < -0.3 is 23.7 Å². The number of hydrogen-bond donors (Lipinski definition) is 0. The number of nitriles is 1. The second kappa shape index (κ2) is 11.5. The van der Waals surface area contributed by atoms with Gasteiger partial charge >= 0.3 is 11.9 Å². The molecule has 0 aliphatic carbocycles. The van der Waals surface area contributed by atoms with Crippen LogP contribution in [0.1, 0.15) is 27.8 Å². The minimum Gasteiger partial charge on any atom is -0.489 e. The van der Waals surface area contributed by atoms with Gasteiger partial charge in [-0.15, -0.1) is 0 Å². The van der Waals surface area contributed by atoms with Crippen molar-refractivity contribution in [2.75, 3.05) is 19.8 Å². The van der Waals surface area contributed by atoms with Gasteiger partial charge in [0.1, 0.15) is 18.5 Å². The Kier molecular flexibility index (Phi) is 8.15. The van der Waals surface area contributed by atoms with Gasteiger partial charge in [0.25, 0.3) is 0 Å². The van der Waals surface area contributed by atoms with Gasteiger partial charge in [-0.3, -0.25) is 0 Å². The van der Waals surface area contributed by atoms with Crippen LogP contribution in [-0.2, 0) is 23.7 Å². The minimum atomic E-state index is -0.566. The summed E-state index contributed by atoms with van der Waals surface area (Å²) < 4.78 is 26.9.